The van der Waals surface area contributed by atoms with E-state index in [4.69, 9.17) is 4.74 Å². The second kappa shape index (κ2) is 5.74. The molecular formula is C13H27NOS. The largest absolute Gasteiger partial charge is 0.379 e. The number of thioether (sulfide) groups is 1. The average molecular weight is 245 g/mol. The van der Waals surface area contributed by atoms with E-state index in [9.17, 15) is 0 Å². The topological polar surface area (TPSA) is 21.3 Å². The van der Waals surface area contributed by atoms with Gasteiger partial charge in [0.15, 0.2) is 0 Å². The van der Waals surface area contributed by atoms with E-state index in [1.807, 2.05) is 0 Å². The first-order valence-electron chi connectivity index (χ1n) is 6.29. The van der Waals surface area contributed by atoms with Crippen molar-refractivity contribution in [1.82, 2.24) is 5.32 Å². The van der Waals surface area contributed by atoms with Crippen LogP contribution in [-0.4, -0.2) is 35.8 Å². The third-order valence-electron chi connectivity index (χ3n) is 3.48. The predicted molar refractivity (Wildman–Crippen MR) is 73.3 cm³/mol. The zero-order valence-corrected chi connectivity index (χ0v) is 12.2. The number of rotatable bonds is 6. The van der Waals surface area contributed by atoms with Gasteiger partial charge < -0.3 is 10.1 Å². The van der Waals surface area contributed by atoms with Crippen LogP contribution >= 0.6 is 11.8 Å². The summed E-state index contributed by atoms with van der Waals surface area (Å²) in [5, 5.41) is 3.65. The molecule has 1 N–H and O–H groups in total. The van der Waals surface area contributed by atoms with E-state index < -0.39 is 0 Å². The fraction of sp³-hybridized carbons (Fsp3) is 1.00. The highest BCUT2D eigenvalue weighted by Gasteiger charge is 2.30. The first-order valence-corrected chi connectivity index (χ1v) is 7.28. The van der Waals surface area contributed by atoms with Gasteiger partial charge in [-0.2, -0.15) is 11.8 Å². The van der Waals surface area contributed by atoms with Crippen molar-refractivity contribution >= 4 is 11.8 Å². The van der Waals surface area contributed by atoms with Crippen LogP contribution in [0.5, 0.6) is 0 Å². The third kappa shape index (κ3) is 4.64. The van der Waals surface area contributed by atoms with Gasteiger partial charge in [0.2, 0.25) is 0 Å². The highest BCUT2D eigenvalue weighted by molar-refractivity contribution is 8.00. The van der Waals surface area contributed by atoms with Crippen molar-refractivity contribution in [2.75, 3.05) is 19.4 Å². The fourth-order valence-electron chi connectivity index (χ4n) is 2.26. The van der Waals surface area contributed by atoms with Crippen LogP contribution in [0.15, 0.2) is 0 Å². The Morgan fingerprint density at radius 1 is 1.50 bits per heavy atom. The molecule has 3 heteroatoms. The molecule has 0 bridgehead atoms. The van der Waals surface area contributed by atoms with Crippen LogP contribution in [0.2, 0.25) is 0 Å². The molecule has 0 aromatic rings. The summed E-state index contributed by atoms with van der Waals surface area (Å²) in [5.74, 6) is 1.33. The standard InChI is InChI=1S/C13H27NOS/c1-11(9-12(2,3)15-5)14-10-13(4)7-6-8-16-13/h11,14H,6-10H2,1-5H3. The molecular weight excluding hydrogens is 218 g/mol. The second-order valence-corrected chi connectivity index (χ2v) is 7.53. The van der Waals surface area contributed by atoms with E-state index in [1.165, 1.54) is 18.6 Å². The van der Waals surface area contributed by atoms with Crippen molar-refractivity contribution in [3.8, 4) is 0 Å². The summed E-state index contributed by atoms with van der Waals surface area (Å²) in [6, 6.07) is 0.521. The minimum atomic E-state index is -0.0177. The SMILES string of the molecule is COC(C)(C)CC(C)NCC1(C)CCCS1. The van der Waals surface area contributed by atoms with Crippen molar-refractivity contribution in [2.45, 2.75) is 63.3 Å². The normalized spacial score (nSPS) is 28.3. The second-order valence-electron chi connectivity index (χ2n) is 5.85. The number of nitrogens with one attached hydrogen (secondary N) is 1. The lowest BCUT2D eigenvalue weighted by atomic mass is 9.99. The highest BCUT2D eigenvalue weighted by atomic mass is 32.2. The molecule has 0 amide bonds. The lowest BCUT2D eigenvalue weighted by Gasteiger charge is -2.30. The molecule has 16 heavy (non-hydrogen) atoms. The van der Waals surface area contributed by atoms with Crippen LogP contribution in [0.3, 0.4) is 0 Å². The molecule has 1 aliphatic rings. The monoisotopic (exact) mass is 245 g/mol. The fourth-order valence-corrected chi connectivity index (χ4v) is 3.51. The molecule has 1 fully saturated rings. The summed E-state index contributed by atoms with van der Waals surface area (Å²) in [7, 11) is 1.79. The lowest BCUT2D eigenvalue weighted by molar-refractivity contribution is 0.00845. The Morgan fingerprint density at radius 2 is 2.19 bits per heavy atom. The summed E-state index contributed by atoms with van der Waals surface area (Å²) >= 11 is 2.12. The van der Waals surface area contributed by atoms with Crippen LogP contribution in [0.4, 0.5) is 0 Å². The maximum Gasteiger partial charge on any atom is 0.0637 e. The maximum absolute atomic E-state index is 5.46. The maximum atomic E-state index is 5.46. The average Bonchev–Trinajstić information content (AvgIpc) is 2.63. The Hall–Kier alpha value is 0.270. The molecule has 0 aromatic carbocycles. The van der Waals surface area contributed by atoms with Crippen molar-refractivity contribution in [3.63, 3.8) is 0 Å². The minimum Gasteiger partial charge on any atom is -0.379 e. The van der Waals surface area contributed by atoms with Gasteiger partial charge in [-0.15, -0.1) is 0 Å². The molecule has 2 unspecified atom stereocenters. The summed E-state index contributed by atoms with van der Waals surface area (Å²) in [5.41, 5.74) is -0.0177. The van der Waals surface area contributed by atoms with Crippen LogP contribution in [0.25, 0.3) is 0 Å². The van der Waals surface area contributed by atoms with Gasteiger partial charge in [0.1, 0.15) is 0 Å². The molecule has 0 aliphatic carbocycles. The third-order valence-corrected chi connectivity index (χ3v) is 5.01. The molecule has 2 nitrogen and oxygen atoms in total. The van der Waals surface area contributed by atoms with Gasteiger partial charge >= 0.3 is 0 Å². The molecule has 1 rings (SSSR count). The Bertz CT molecular complexity index is 212. The van der Waals surface area contributed by atoms with Crippen LogP contribution in [-0.2, 0) is 4.74 Å². The molecule has 1 heterocycles. The molecule has 0 aromatic heterocycles. The number of hydrogen-bond acceptors (Lipinski definition) is 3. The molecule has 0 spiro atoms. The predicted octanol–water partition coefficient (Wildman–Crippen LogP) is 3.07. The zero-order valence-electron chi connectivity index (χ0n) is 11.4. The summed E-state index contributed by atoms with van der Waals surface area (Å²) < 4.78 is 5.92. The van der Waals surface area contributed by atoms with E-state index in [2.05, 4.69) is 44.8 Å². The van der Waals surface area contributed by atoms with Gasteiger partial charge in [-0.1, -0.05) is 0 Å². The van der Waals surface area contributed by atoms with Gasteiger partial charge in [-0.3, -0.25) is 0 Å². The van der Waals surface area contributed by atoms with Gasteiger partial charge in [-0.05, 0) is 52.7 Å². The summed E-state index contributed by atoms with van der Waals surface area (Å²) in [4.78, 5) is 0. The lowest BCUT2D eigenvalue weighted by Crippen LogP contribution is -2.41. The number of methoxy groups -OCH3 is 1. The smallest absolute Gasteiger partial charge is 0.0637 e. The Labute approximate surface area is 105 Å². The molecule has 1 saturated heterocycles. The van der Waals surface area contributed by atoms with Crippen molar-refractivity contribution in [2.24, 2.45) is 0 Å². The Kier molecular flexibility index (Phi) is 5.14. The summed E-state index contributed by atoms with van der Waals surface area (Å²) in [6.07, 6.45) is 3.79. The molecule has 1 aliphatic heterocycles. The molecule has 2 atom stereocenters. The Morgan fingerprint density at radius 3 is 2.69 bits per heavy atom. The van der Waals surface area contributed by atoms with Crippen LogP contribution < -0.4 is 5.32 Å². The minimum absolute atomic E-state index is 0.0177. The van der Waals surface area contributed by atoms with E-state index >= 15 is 0 Å². The van der Waals surface area contributed by atoms with Crippen LogP contribution in [0.1, 0.15) is 47.0 Å². The highest BCUT2D eigenvalue weighted by Crippen LogP contribution is 2.37. The van der Waals surface area contributed by atoms with Gasteiger partial charge in [0.25, 0.3) is 0 Å². The van der Waals surface area contributed by atoms with E-state index in [1.54, 1.807) is 7.11 Å². The quantitative estimate of drug-likeness (QED) is 0.777. The first kappa shape index (κ1) is 14.3. The van der Waals surface area contributed by atoms with E-state index in [0.29, 0.717) is 10.8 Å². The molecule has 0 saturated carbocycles. The van der Waals surface area contributed by atoms with Gasteiger partial charge in [0, 0.05) is 24.4 Å². The zero-order chi connectivity index (χ0) is 12.2. The van der Waals surface area contributed by atoms with Crippen molar-refractivity contribution in [1.29, 1.82) is 0 Å². The van der Waals surface area contributed by atoms with Gasteiger partial charge in [-0.25, -0.2) is 0 Å². The van der Waals surface area contributed by atoms with E-state index in [0.717, 1.165) is 13.0 Å². The van der Waals surface area contributed by atoms with Crippen molar-refractivity contribution < 1.29 is 4.74 Å². The van der Waals surface area contributed by atoms with E-state index in [-0.39, 0.29) is 5.60 Å². The number of ether oxygens (including phenoxy) is 1. The van der Waals surface area contributed by atoms with Crippen LogP contribution in [0, 0.1) is 0 Å². The Balaban J connectivity index is 2.27. The van der Waals surface area contributed by atoms with Crippen molar-refractivity contribution in [3.05, 3.63) is 0 Å². The summed E-state index contributed by atoms with van der Waals surface area (Å²) in [6.45, 7) is 10.1. The first-order chi connectivity index (χ1) is 7.37. The van der Waals surface area contributed by atoms with Gasteiger partial charge in [0.05, 0.1) is 5.60 Å². The molecule has 0 radical (unpaired) electrons. The number of hydrogen-bond donors (Lipinski definition) is 1. The molecule has 96 valence electrons.